The molecule has 9 heteroatoms. The van der Waals surface area contributed by atoms with Crippen molar-refractivity contribution in [3.63, 3.8) is 0 Å². The molecule has 3 aromatic carbocycles. The van der Waals surface area contributed by atoms with Gasteiger partial charge in [-0.1, -0.05) is 61.0 Å². The first-order chi connectivity index (χ1) is 17.9. The summed E-state index contributed by atoms with van der Waals surface area (Å²) in [4.78, 5) is 24.2. The van der Waals surface area contributed by atoms with Crippen molar-refractivity contribution in [3.05, 3.63) is 82.4 Å². The molecule has 1 unspecified atom stereocenters. The minimum atomic E-state index is -4.05. The molecule has 8 nitrogen and oxygen atoms in total. The maximum Gasteiger partial charge on any atom is 0.322 e. The summed E-state index contributed by atoms with van der Waals surface area (Å²) >= 11 is 0. The Morgan fingerprint density at radius 2 is 1.47 bits per heavy atom. The van der Waals surface area contributed by atoms with Crippen LogP contribution in [0.1, 0.15) is 41.2 Å². The van der Waals surface area contributed by atoms with Crippen LogP contribution in [-0.2, 0) is 21.2 Å². The number of urea groups is 1. The van der Waals surface area contributed by atoms with Gasteiger partial charge in [-0.25, -0.2) is 13.2 Å². The lowest BCUT2D eigenvalue weighted by Crippen LogP contribution is -2.42. The lowest BCUT2D eigenvalue weighted by atomic mass is 9.99. The first-order valence-electron chi connectivity index (χ1n) is 12.5. The summed E-state index contributed by atoms with van der Waals surface area (Å²) in [6.45, 7) is 9.76. The van der Waals surface area contributed by atoms with Crippen LogP contribution in [0, 0.1) is 27.7 Å². The molecule has 1 atom stereocenters. The van der Waals surface area contributed by atoms with Crippen molar-refractivity contribution in [1.82, 2.24) is 10.0 Å². The lowest BCUT2D eigenvalue weighted by Gasteiger charge is -2.18. The molecular formula is C29H35N3O5S. The Kier molecular flexibility index (Phi) is 9.30. The minimum absolute atomic E-state index is 0.0168. The van der Waals surface area contributed by atoms with E-state index in [0.29, 0.717) is 28.9 Å². The molecule has 0 heterocycles. The fraction of sp³-hybridized carbons (Fsp3) is 0.310. The van der Waals surface area contributed by atoms with E-state index in [0.717, 1.165) is 28.7 Å². The van der Waals surface area contributed by atoms with Gasteiger partial charge in [-0.2, -0.15) is 4.72 Å². The third-order valence-electron chi connectivity index (χ3n) is 6.22. The van der Waals surface area contributed by atoms with Gasteiger partial charge in [0.2, 0.25) is 10.0 Å². The van der Waals surface area contributed by atoms with Crippen LogP contribution in [0.4, 0.5) is 10.5 Å². The zero-order valence-electron chi connectivity index (χ0n) is 22.4. The highest BCUT2D eigenvalue weighted by Crippen LogP contribution is 2.27. The molecule has 0 saturated carbocycles. The summed E-state index contributed by atoms with van der Waals surface area (Å²) in [5.74, 6) is -1.25. The molecule has 38 heavy (non-hydrogen) atoms. The summed E-state index contributed by atoms with van der Waals surface area (Å²) < 4.78 is 28.6. The van der Waals surface area contributed by atoms with Gasteiger partial charge in [-0.3, -0.25) is 4.79 Å². The molecule has 202 valence electrons. The standard InChI is InChI=1S/C29H35N3O5S/c1-6-13-30-29(35)31-25-17-24(10-7-19(25)3)23-11-8-22(9-12-23)16-26(28(33)34)32-38(36,37)27-20(4)14-18(2)15-21(27)5/h7-12,14-15,17,26,32H,6,13,16H2,1-5H3,(H,33,34)(H2,30,31,35). The second-order valence-electron chi connectivity index (χ2n) is 9.55. The van der Waals surface area contributed by atoms with Gasteiger partial charge in [0.25, 0.3) is 0 Å². The first kappa shape index (κ1) is 28.9. The molecule has 0 spiro atoms. The Labute approximate surface area is 224 Å². The fourth-order valence-electron chi connectivity index (χ4n) is 4.43. The molecule has 0 aliphatic rings. The zero-order chi connectivity index (χ0) is 28.0. The Balaban J connectivity index is 1.78. The van der Waals surface area contributed by atoms with Crippen molar-refractivity contribution in [3.8, 4) is 11.1 Å². The van der Waals surface area contributed by atoms with Crippen LogP contribution in [0.25, 0.3) is 11.1 Å². The van der Waals surface area contributed by atoms with E-state index in [-0.39, 0.29) is 17.3 Å². The predicted molar refractivity (Wildman–Crippen MR) is 150 cm³/mol. The van der Waals surface area contributed by atoms with Crippen molar-refractivity contribution in [2.75, 3.05) is 11.9 Å². The van der Waals surface area contributed by atoms with Gasteiger partial charge in [0.15, 0.2) is 0 Å². The third-order valence-corrected chi connectivity index (χ3v) is 7.99. The van der Waals surface area contributed by atoms with Crippen LogP contribution in [0.2, 0.25) is 0 Å². The van der Waals surface area contributed by atoms with Gasteiger partial charge in [0.1, 0.15) is 6.04 Å². The SMILES string of the molecule is CCCNC(=O)Nc1cc(-c2ccc(CC(NS(=O)(=O)c3c(C)cc(C)cc3C)C(=O)O)cc2)ccc1C. The second-order valence-corrected chi connectivity index (χ2v) is 11.2. The van der Waals surface area contributed by atoms with Crippen LogP contribution in [0.3, 0.4) is 0 Å². The lowest BCUT2D eigenvalue weighted by molar-refractivity contribution is -0.138. The maximum atomic E-state index is 13.1. The van der Waals surface area contributed by atoms with E-state index in [9.17, 15) is 23.1 Å². The largest absolute Gasteiger partial charge is 0.480 e. The molecular weight excluding hydrogens is 502 g/mol. The summed E-state index contributed by atoms with van der Waals surface area (Å²) in [5.41, 5.74) is 6.13. The number of hydrogen-bond acceptors (Lipinski definition) is 4. The molecule has 4 N–H and O–H groups in total. The number of aliphatic carboxylic acids is 1. The van der Waals surface area contributed by atoms with Gasteiger partial charge in [0, 0.05) is 12.2 Å². The molecule has 2 amide bonds. The van der Waals surface area contributed by atoms with Gasteiger partial charge < -0.3 is 15.7 Å². The van der Waals surface area contributed by atoms with E-state index >= 15 is 0 Å². The number of hydrogen-bond donors (Lipinski definition) is 4. The number of carbonyl (C=O) groups is 2. The molecule has 0 aliphatic heterocycles. The van der Waals surface area contributed by atoms with Crippen molar-refractivity contribution < 1.29 is 23.1 Å². The quantitative estimate of drug-likeness (QED) is 0.287. The van der Waals surface area contributed by atoms with Crippen LogP contribution < -0.4 is 15.4 Å². The Hall–Kier alpha value is -3.69. The number of benzene rings is 3. The van der Waals surface area contributed by atoms with Crippen LogP contribution in [0.15, 0.2) is 59.5 Å². The molecule has 0 aliphatic carbocycles. The number of nitrogens with one attached hydrogen (secondary N) is 3. The third kappa shape index (κ3) is 7.20. The molecule has 0 saturated heterocycles. The fourth-order valence-corrected chi connectivity index (χ4v) is 6.07. The minimum Gasteiger partial charge on any atom is -0.480 e. The van der Waals surface area contributed by atoms with Gasteiger partial charge in [0.05, 0.1) is 4.90 Å². The summed E-state index contributed by atoms with van der Waals surface area (Å²) in [6.07, 6.45) is 0.825. The van der Waals surface area contributed by atoms with Crippen molar-refractivity contribution in [1.29, 1.82) is 0 Å². The Morgan fingerprint density at radius 1 is 0.868 bits per heavy atom. The number of rotatable bonds is 10. The first-order valence-corrected chi connectivity index (χ1v) is 14.0. The maximum absolute atomic E-state index is 13.1. The van der Waals surface area contributed by atoms with E-state index in [1.54, 1.807) is 38.1 Å². The average Bonchev–Trinajstić information content (AvgIpc) is 2.83. The van der Waals surface area contributed by atoms with Crippen molar-refractivity contribution in [2.24, 2.45) is 0 Å². The molecule has 0 fully saturated rings. The van der Waals surface area contributed by atoms with Crippen molar-refractivity contribution >= 4 is 27.7 Å². The molecule has 3 rings (SSSR count). The van der Waals surface area contributed by atoms with E-state index in [1.807, 2.05) is 51.1 Å². The monoisotopic (exact) mass is 537 g/mol. The number of sulfonamides is 1. The van der Waals surface area contributed by atoms with Gasteiger partial charge in [-0.05, 0) is 80.0 Å². The summed E-state index contributed by atoms with van der Waals surface area (Å²) in [6, 6.07) is 14.9. The topological polar surface area (TPSA) is 125 Å². The zero-order valence-corrected chi connectivity index (χ0v) is 23.2. The summed E-state index contributed by atoms with van der Waals surface area (Å²) in [7, 11) is -4.05. The van der Waals surface area contributed by atoms with Gasteiger partial charge in [-0.15, -0.1) is 0 Å². The average molecular weight is 538 g/mol. The van der Waals surface area contributed by atoms with E-state index in [2.05, 4.69) is 15.4 Å². The molecule has 0 aromatic heterocycles. The van der Waals surface area contributed by atoms with E-state index < -0.39 is 22.0 Å². The second kappa shape index (κ2) is 12.2. The Morgan fingerprint density at radius 3 is 2.05 bits per heavy atom. The molecule has 0 bridgehead atoms. The highest BCUT2D eigenvalue weighted by molar-refractivity contribution is 7.89. The normalized spacial score (nSPS) is 12.1. The predicted octanol–water partition coefficient (Wildman–Crippen LogP) is 5.09. The van der Waals surface area contributed by atoms with Crippen LogP contribution in [-0.4, -0.2) is 38.1 Å². The number of carboxylic acids is 1. The number of carbonyl (C=O) groups excluding carboxylic acids is 1. The molecule has 3 aromatic rings. The number of aryl methyl sites for hydroxylation is 4. The summed E-state index contributed by atoms with van der Waals surface area (Å²) in [5, 5.41) is 15.4. The van der Waals surface area contributed by atoms with E-state index in [4.69, 9.17) is 0 Å². The number of carboxylic acid groups (broad SMARTS) is 1. The smallest absolute Gasteiger partial charge is 0.322 e. The number of amides is 2. The van der Waals surface area contributed by atoms with Crippen LogP contribution >= 0.6 is 0 Å². The van der Waals surface area contributed by atoms with Crippen molar-refractivity contribution in [2.45, 2.75) is 58.4 Å². The Bertz CT molecular complexity index is 1410. The van der Waals surface area contributed by atoms with E-state index in [1.165, 1.54) is 0 Å². The van der Waals surface area contributed by atoms with Gasteiger partial charge >= 0.3 is 12.0 Å². The highest BCUT2D eigenvalue weighted by atomic mass is 32.2. The number of anilines is 1. The van der Waals surface area contributed by atoms with Crippen LogP contribution in [0.5, 0.6) is 0 Å². The highest BCUT2D eigenvalue weighted by Gasteiger charge is 2.28. The molecule has 0 radical (unpaired) electrons.